The van der Waals surface area contributed by atoms with Gasteiger partial charge in [0.1, 0.15) is 5.78 Å². The van der Waals surface area contributed by atoms with E-state index in [1.165, 1.54) is 0 Å². The number of amides is 1. The van der Waals surface area contributed by atoms with Crippen LogP contribution in [-0.4, -0.2) is 11.7 Å². The van der Waals surface area contributed by atoms with Crippen molar-refractivity contribution in [1.82, 2.24) is 0 Å². The summed E-state index contributed by atoms with van der Waals surface area (Å²) >= 11 is 0. The summed E-state index contributed by atoms with van der Waals surface area (Å²) in [5.41, 5.74) is 6.77. The van der Waals surface area contributed by atoms with Crippen LogP contribution in [0.25, 0.3) is 0 Å². The van der Waals surface area contributed by atoms with Gasteiger partial charge in [0.2, 0.25) is 5.91 Å². The van der Waals surface area contributed by atoms with Gasteiger partial charge in [0.25, 0.3) is 0 Å². The molecule has 0 fully saturated rings. The third kappa shape index (κ3) is 3.94. The molecule has 0 saturated carbocycles. The summed E-state index contributed by atoms with van der Waals surface area (Å²) in [5.74, 6) is -0.200. The number of hydrogen-bond donors (Lipinski definition) is 1. The highest BCUT2D eigenvalue weighted by Crippen LogP contribution is 2.07. The number of rotatable bonds is 5. The SMILES string of the molecule is CC(=O)CCCc1ccc(C(N)=O)cc1. The van der Waals surface area contributed by atoms with Gasteiger partial charge >= 0.3 is 0 Å². The maximum atomic E-state index is 10.8. The van der Waals surface area contributed by atoms with Crippen molar-refractivity contribution in [2.24, 2.45) is 5.73 Å². The van der Waals surface area contributed by atoms with E-state index in [-0.39, 0.29) is 5.78 Å². The first-order valence-electron chi connectivity index (χ1n) is 4.98. The molecular formula is C12H15NO2. The van der Waals surface area contributed by atoms with Crippen molar-refractivity contribution < 1.29 is 9.59 Å². The highest BCUT2D eigenvalue weighted by atomic mass is 16.1. The molecule has 0 aromatic heterocycles. The third-order valence-corrected chi connectivity index (χ3v) is 2.23. The summed E-state index contributed by atoms with van der Waals surface area (Å²) in [7, 11) is 0. The second-order valence-electron chi connectivity index (χ2n) is 3.62. The van der Waals surface area contributed by atoms with Crippen LogP contribution in [0.4, 0.5) is 0 Å². The fourth-order valence-corrected chi connectivity index (χ4v) is 1.38. The van der Waals surface area contributed by atoms with Gasteiger partial charge in [-0.2, -0.15) is 0 Å². The summed E-state index contributed by atoms with van der Waals surface area (Å²) in [6, 6.07) is 7.18. The molecule has 0 bridgehead atoms. The van der Waals surface area contributed by atoms with Gasteiger partial charge in [-0.05, 0) is 37.5 Å². The van der Waals surface area contributed by atoms with E-state index in [4.69, 9.17) is 5.73 Å². The van der Waals surface area contributed by atoms with E-state index in [0.717, 1.165) is 18.4 Å². The Morgan fingerprint density at radius 3 is 2.27 bits per heavy atom. The van der Waals surface area contributed by atoms with Crippen molar-refractivity contribution in [3.05, 3.63) is 35.4 Å². The predicted octanol–water partition coefficient (Wildman–Crippen LogP) is 1.70. The molecule has 0 aliphatic heterocycles. The number of hydrogen-bond acceptors (Lipinski definition) is 2. The first-order valence-corrected chi connectivity index (χ1v) is 4.98. The smallest absolute Gasteiger partial charge is 0.248 e. The van der Waals surface area contributed by atoms with Crippen LogP contribution in [-0.2, 0) is 11.2 Å². The average molecular weight is 205 g/mol. The Labute approximate surface area is 89.3 Å². The topological polar surface area (TPSA) is 60.2 Å². The molecule has 2 N–H and O–H groups in total. The zero-order valence-electron chi connectivity index (χ0n) is 8.82. The molecule has 1 aromatic carbocycles. The number of carbonyl (C=O) groups excluding carboxylic acids is 2. The molecule has 1 aromatic rings. The molecule has 0 aliphatic carbocycles. The van der Waals surface area contributed by atoms with Crippen LogP contribution in [0.5, 0.6) is 0 Å². The molecule has 1 rings (SSSR count). The average Bonchev–Trinajstić information content (AvgIpc) is 2.18. The predicted molar refractivity (Wildman–Crippen MR) is 58.6 cm³/mol. The quantitative estimate of drug-likeness (QED) is 0.795. The van der Waals surface area contributed by atoms with Gasteiger partial charge in [-0.25, -0.2) is 0 Å². The minimum atomic E-state index is -0.412. The Morgan fingerprint density at radius 1 is 1.20 bits per heavy atom. The fourth-order valence-electron chi connectivity index (χ4n) is 1.38. The number of Topliss-reactive ketones (excluding diaryl/α,β-unsaturated/α-hetero) is 1. The first kappa shape index (κ1) is 11.4. The van der Waals surface area contributed by atoms with Crippen LogP contribution in [0.1, 0.15) is 35.7 Å². The molecule has 3 heteroatoms. The van der Waals surface area contributed by atoms with Crippen LogP contribution in [0.3, 0.4) is 0 Å². The molecule has 0 aliphatic rings. The zero-order chi connectivity index (χ0) is 11.3. The van der Waals surface area contributed by atoms with Gasteiger partial charge in [0, 0.05) is 12.0 Å². The van der Waals surface area contributed by atoms with Gasteiger partial charge in [-0.1, -0.05) is 12.1 Å². The van der Waals surface area contributed by atoms with Crippen molar-refractivity contribution >= 4 is 11.7 Å². The molecule has 80 valence electrons. The van der Waals surface area contributed by atoms with Crippen LogP contribution < -0.4 is 5.73 Å². The second kappa shape index (κ2) is 5.29. The monoisotopic (exact) mass is 205 g/mol. The number of nitrogens with two attached hydrogens (primary N) is 1. The van der Waals surface area contributed by atoms with Crippen LogP contribution in [0.15, 0.2) is 24.3 Å². The van der Waals surface area contributed by atoms with Crippen LogP contribution in [0, 0.1) is 0 Å². The molecule has 0 heterocycles. The highest BCUT2D eigenvalue weighted by molar-refractivity contribution is 5.92. The highest BCUT2D eigenvalue weighted by Gasteiger charge is 2.00. The normalized spacial score (nSPS) is 9.93. The maximum absolute atomic E-state index is 10.8. The Hall–Kier alpha value is -1.64. The summed E-state index contributed by atoms with van der Waals surface area (Å²) in [6.45, 7) is 1.59. The van der Waals surface area contributed by atoms with Crippen molar-refractivity contribution in [2.75, 3.05) is 0 Å². The molecule has 0 unspecified atom stereocenters. The number of ketones is 1. The molecule has 1 amide bonds. The fraction of sp³-hybridized carbons (Fsp3) is 0.333. The molecule has 0 radical (unpaired) electrons. The Morgan fingerprint density at radius 2 is 1.80 bits per heavy atom. The minimum absolute atomic E-state index is 0.212. The summed E-state index contributed by atoms with van der Waals surface area (Å²) in [6.07, 6.45) is 2.32. The number of benzene rings is 1. The van der Waals surface area contributed by atoms with Crippen LogP contribution >= 0.6 is 0 Å². The summed E-state index contributed by atoms with van der Waals surface area (Å²) in [4.78, 5) is 21.5. The lowest BCUT2D eigenvalue weighted by Crippen LogP contribution is -2.10. The van der Waals surface area contributed by atoms with Crippen LogP contribution in [0.2, 0.25) is 0 Å². The Kier molecular flexibility index (Phi) is 4.03. The van der Waals surface area contributed by atoms with Crippen molar-refractivity contribution in [1.29, 1.82) is 0 Å². The van der Waals surface area contributed by atoms with Gasteiger partial charge < -0.3 is 10.5 Å². The van der Waals surface area contributed by atoms with Gasteiger partial charge in [0.15, 0.2) is 0 Å². The lowest BCUT2D eigenvalue weighted by atomic mass is 10.1. The van der Waals surface area contributed by atoms with Crippen molar-refractivity contribution in [3.63, 3.8) is 0 Å². The first-order chi connectivity index (χ1) is 7.09. The largest absolute Gasteiger partial charge is 0.366 e. The van der Waals surface area contributed by atoms with Crippen molar-refractivity contribution in [3.8, 4) is 0 Å². The summed E-state index contributed by atoms with van der Waals surface area (Å²) < 4.78 is 0. The third-order valence-electron chi connectivity index (χ3n) is 2.23. The van der Waals surface area contributed by atoms with E-state index in [1.807, 2.05) is 12.1 Å². The van der Waals surface area contributed by atoms with E-state index in [9.17, 15) is 9.59 Å². The molecule has 0 spiro atoms. The lowest BCUT2D eigenvalue weighted by molar-refractivity contribution is -0.117. The van der Waals surface area contributed by atoms with E-state index in [2.05, 4.69) is 0 Å². The zero-order valence-corrected chi connectivity index (χ0v) is 8.82. The Bertz CT molecular complexity index is 354. The maximum Gasteiger partial charge on any atom is 0.248 e. The number of primary amides is 1. The molecule has 15 heavy (non-hydrogen) atoms. The van der Waals surface area contributed by atoms with E-state index >= 15 is 0 Å². The lowest BCUT2D eigenvalue weighted by Gasteiger charge is -2.01. The van der Waals surface area contributed by atoms with Gasteiger partial charge in [0.05, 0.1) is 0 Å². The Balaban J connectivity index is 2.50. The molecular weight excluding hydrogens is 190 g/mol. The minimum Gasteiger partial charge on any atom is -0.366 e. The van der Waals surface area contributed by atoms with Gasteiger partial charge in [-0.15, -0.1) is 0 Å². The molecule has 0 saturated heterocycles. The molecule has 0 atom stereocenters. The van der Waals surface area contributed by atoms with E-state index in [0.29, 0.717) is 12.0 Å². The molecule has 3 nitrogen and oxygen atoms in total. The number of carbonyl (C=O) groups is 2. The van der Waals surface area contributed by atoms with Gasteiger partial charge in [-0.3, -0.25) is 4.79 Å². The van der Waals surface area contributed by atoms with E-state index in [1.54, 1.807) is 19.1 Å². The summed E-state index contributed by atoms with van der Waals surface area (Å²) in [5, 5.41) is 0. The standard InChI is InChI=1S/C12H15NO2/c1-9(14)3-2-4-10-5-7-11(8-6-10)12(13)15/h5-8H,2-4H2,1H3,(H2,13,15). The second-order valence-corrected chi connectivity index (χ2v) is 3.62. The van der Waals surface area contributed by atoms with E-state index < -0.39 is 5.91 Å². The van der Waals surface area contributed by atoms with Crippen molar-refractivity contribution in [2.45, 2.75) is 26.2 Å². The number of aryl methyl sites for hydroxylation is 1.